The van der Waals surface area contributed by atoms with Crippen molar-refractivity contribution in [3.8, 4) is 0 Å². The number of rotatable bonds is 3. The monoisotopic (exact) mass is 264 g/mol. The lowest BCUT2D eigenvalue weighted by Gasteiger charge is -2.35. The lowest BCUT2D eigenvalue weighted by Crippen LogP contribution is -2.48. The molecule has 2 rings (SSSR count). The van der Waals surface area contributed by atoms with Crippen LogP contribution in [0.25, 0.3) is 0 Å². The Morgan fingerprint density at radius 3 is 2.95 bits per heavy atom. The zero-order valence-corrected chi connectivity index (χ0v) is 11.4. The molecule has 2 amide bonds. The Hall–Kier alpha value is -1.58. The predicted octanol–water partition coefficient (Wildman–Crippen LogP) is 3.30. The lowest BCUT2D eigenvalue weighted by molar-refractivity contribution is 0.148. The van der Waals surface area contributed by atoms with Gasteiger partial charge in [0, 0.05) is 24.7 Å². The molecule has 0 bridgehead atoms. The van der Waals surface area contributed by atoms with Crippen LogP contribution in [0.4, 0.5) is 9.18 Å². The zero-order chi connectivity index (χ0) is 13.7. The van der Waals surface area contributed by atoms with Gasteiger partial charge >= 0.3 is 6.03 Å². The Morgan fingerprint density at radius 1 is 1.42 bits per heavy atom. The third-order valence-corrected chi connectivity index (χ3v) is 3.75. The number of benzene rings is 1. The Balaban J connectivity index is 1.92. The molecular weight excluding hydrogens is 243 g/mol. The number of nitrogens with zero attached hydrogens (tertiary/aromatic N) is 1. The van der Waals surface area contributed by atoms with Crippen molar-refractivity contribution in [2.75, 3.05) is 6.54 Å². The molecule has 1 aromatic carbocycles. The van der Waals surface area contributed by atoms with Crippen LogP contribution in [0, 0.1) is 5.82 Å². The van der Waals surface area contributed by atoms with Crippen LogP contribution in [-0.2, 0) is 6.54 Å². The van der Waals surface area contributed by atoms with Gasteiger partial charge in [0.1, 0.15) is 5.82 Å². The van der Waals surface area contributed by atoms with E-state index in [0.717, 1.165) is 25.8 Å². The number of carbonyl (C=O) groups excluding carboxylic acids is 1. The summed E-state index contributed by atoms with van der Waals surface area (Å²) < 4.78 is 13.5. The van der Waals surface area contributed by atoms with Crippen molar-refractivity contribution in [3.05, 3.63) is 35.6 Å². The van der Waals surface area contributed by atoms with E-state index < -0.39 is 0 Å². The molecular formula is C15H21FN2O. The largest absolute Gasteiger partial charge is 0.334 e. The molecule has 1 saturated heterocycles. The fourth-order valence-electron chi connectivity index (χ4n) is 2.61. The van der Waals surface area contributed by atoms with E-state index in [9.17, 15) is 9.18 Å². The number of halogens is 1. The summed E-state index contributed by atoms with van der Waals surface area (Å²) in [4.78, 5) is 14.0. The van der Waals surface area contributed by atoms with Crippen molar-refractivity contribution in [1.29, 1.82) is 0 Å². The first-order chi connectivity index (χ1) is 9.22. The number of hydrogen-bond donors (Lipinski definition) is 1. The van der Waals surface area contributed by atoms with Gasteiger partial charge in [0.25, 0.3) is 0 Å². The van der Waals surface area contributed by atoms with Crippen LogP contribution in [-0.4, -0.2) is 23.5 Å². The highest BCUT2D eigenvalue weighted by Gasteiger charge is 2.24. The molecule has 1 aliphatic rings. The normalized spacial score (nSPS) is 19.3. The highest BCUT2D eigenvalue weighted by atomic mass is 19.1. The van der Waals surface area contributed by atoms with Crippen LogP contribution in [0.15, 0.2) is 24.3 Å². The van der Waals surface area contributed by atoms with Crippen LogP contribution >= 0.6 is 0 Å². The second-order valence-corrected chi connectivity index (χ2v) is 5.00. The maximum atomic E-state index is 13.5. The van der Waals surface area contributed by atoms with Crippen LogP contribution < -0.4 is 5.32 Å². The Kier molecular flexibility index (Phi) is 4.77. The summed E-state index contributed by atoms with van der Waals surface area (Å²) in [6.07, 6.45) is 4.30. The van der Waals surface area contributed by atoms with Crippen LogP contribution in [0.2, 0.25) is 0 Å². The molecule has 3 nitrogen and oxygen atoms in total. The van der Waals surface area contributed by atoms with E-state index in [1.807, 2.05) is 4.90 Å². The minimum Gasteiger partial charge on any atom is -0.334 e. The Morgan fingerprint density at radius 2 is 2.21 bits per heavy atom. The standard InChI is InChI=1S/C15H21FN2O/c1-2-13-8-5-6-10-18(13)15(19)17-11-12-7-3-4-9-14(12)16/h3-4,7,9,13H,2,5-6,8,10-11H2,1H3,(H,17,19). The molecule has 1 fully saturated rings. The molecule has 0 aromatic heterocycles. The van der Waals surface area contributed by atoms with E-state index >= 15 is 0 Å². The van der Waals surface area contributed by atoms with E-state index in [-0.39, 0.29) is 18.4 Å². The molecule has 1 atom stereocenters. The zero-order valence-electron chi connectivity index (χ0n) is 11.4. The second kappa shape index (κ2) is 6.55. The quantitative estimate of drug-likeness (QED) is 0.892. The maximum absolute atomic E-state index is 13.5. The fraction of sp³-hybridized carbons (Fsp3) is 0.533. The molecule has 1 N–H and O–H groups in total. The highest BCUT2D eigenvalue weighted by Crippen LogP contribution is 2.19. The van der Waals surface area contributed by atoms with Gasteiger partial charge in [-0.05, 0) is 31.7 Å². The van der Waals surface area contributed by atoms with Crippen LogP contribution in [0.3, 0.4) is 0 Å². The summed E-state index contributed by atoms with van der Waals surface area (Å²) in [6.45, 7) is 3.16. The number of carbonyl (C=O) groups is 1. The number of amides is 2. The number of urea groups is 1. The summed E-state index contributed by atoms with van der Waals surface area (Å²) in [6, 6.07) is 6.79. The fourth-order valence-corrected chi connectivity index (χ4v) is 2.61. The molecule has 104 valence electrons. The van der Waals surface area contributed by atoms with E-state index in [2.05, 4.69) is 12.2 Å². The molecule has 0 aliphatic carbocycles. The number of piperidine rings is 1. The van der Waals surface area contributed by atoms with Gasteiger partial charge in [-0.1, -0.05) is 25.1 Å². The van der Waals surface area contributed by atoms with Gasteiger partial charge in [-0.2, -0.15) is 0 Å². The van der Waals surface area contributed by atoms with Gasteiger partial charge in [0.15, 0.2) is 0 Å². The maximum Gasteiger partial charge on any atom is 0.317 e. The summed E-state index contributed by atoms with van der Waals surface area (Å²) in [5.74, 6) is -0.270. The van der Waals surface area contributed by atoms with Crippen molar-refractivity contribution in [2.24, 2.45) is 0 Å². The molecule has 1 unspecified atom stereocenters. The number of likely N-dealkylation sites (tertiary alicyclic amines) is 1. The molecule has 1 aromatic rings. The van der Waals surface area contributed by atoms with Gasteiger partial charge in [-0.15, -0.1) is 0 Å². The molecule has 19 heavy (non-hydrogen) atoms. The summed E-state index contributed by atoms with van der Waals surface area (Å²) in [5, 5.41) is 2.82. The average molecular weight is 264 g/mol. The molecule has 1 aliphatic heterocycles. The van der Waals surface area contributed by atoms with Crippen molar-refractivity contribution in [1.82, 2.24) is 10.2 Å². The van der Waals surface area contributed by atoms with Gasteiger partial charge in [-0.25, -0.2) is 9.18 Å². The second-order valence-electron chi connectivity index (χ2n) is 5.00. The van der Waals surface area contributed by atoms with Crippen LogP contribution in [0.1, 0.15) is 38.2 Å². The van der Waals surface area contributed by atoms with Gasteiger partial charge in [0.05, 0.1) is 0 Å². The van der Waals surface area contributed by atoms with Crippen LogP contribution in [0.5, 0.6) is 0 Å². The number of hydrogen-bond acceptors (Lipinski definition) is 1. The average Bonchev–Trinajstić information content (AvgIpc) is 2.46. The SMILES string of the molecule is CCC1CCCCN1C(=O)NCc1ccccc1F. The third-order valence-electron chi connectivity index (χ3n) is 3.75. The predicted molar refractivity (Wildman–Crippen MR) is 73.3 cm³/mol. The Labute approximate surface area is 113 Å². The minimum atomic E-state index is -0.270. The first kappa shape index (κ1) is 13.8. The van der Waals surface area contributed by atoms with E-state index in [4.69, 9.17) is 0 Å². The molecule has 4 heteroatoms. The highest BCUT2D eigenvalue weighted by molar-refractivity contribution is 5.74. The minimum absolute atomic E-state index is 0.0743. The molecule has 0 spiro atoms. The van der Waals surface area contributed by atoms with Gasteiger partial charge < -0.3 is 10.2 Å². The number of nitrogens with one attached hydrogen (secondary N) is 1. The first-order valence-electron chi connectivity index (χ1n) is 7.00. The third kappa shape index (κ3) is 3.46. The molecule has 0 radical (unpaired) electrons. The smallest absolute Gasteiger partial charge is 0.317 e. The van der Waals surface area contributed by atoms with Crippen molar-refractivity contribution in [3.63, 3.8) is 0 Å². The topological polar surface area (TPSA) is 32.3 Å². The van der Waals surface area contributed by atoms with Crippen molar-refractivity contribution in [2.45, 2.75) is 45.2 Å². The summed E-state index contributed by atoms with van der Waals surface area (Å²) >= 11 is 0. The van der Waals surface area contributed by atoms with Crippen molar-refractivity contribution >= 4 is 6.03 Å². The molecule has 0 saturated carbocycles. The van der Waals surface area contributed by atoms with E-state index in [0.29, 0.717) is 11.6 Å². The van der Waals surface area contributed by atoms with Crippen molar-refractivity contribution < 1.29 is 9.18 Å². The van der Waals surface area contributed by atoms with Gasteiger partial charge in [-0.3, -0.25) is 0 Å². The Bertz CT molecular complexity index is 436. The first-order valence-corrected chi connectivity index (χ1v) is 7.00. The lowest BCUT2D eigenvalue weighted by atomic mass is 10.0. The summed E-state index contributed by atoms with van der Waals surface area (Å²) in [7, 11) is 0. The van der Waals surface area contributed by atoms with E-state index in [1.165, 1.54) is 12.5 Å². The van der Waals surface area contributed by atoms with Gasteiger partial charge in [0.2, 0.25) is 0 Å². The summed E-state index contributed by atoms with van der Waals surface area (Å²) in [5.41, 5.74) is 0.529. The van der Waals surface area contributed by atoms with E-state index in [1.54, 1.807) is 18.2 Å². The molecule has 1 heterocycles.